The second-order valence-corrected chi connectivity index (χ2v) is 8.19. The molecule has 0 spiro atoms. The third kappa shape index (κ3) is 3.60. The molecule has 0 aromatic carbocycles. The first-order valence-electron chi connectivity index (χ1n) is 10.2. The Morgan fingerprint density at radius 2 is 2.07 bits per heavy atom. The van der Waals surface area contributed by atoms with Gasteiger partial charge in [-0.05, 0) is 33.4 Å². The first kappa shape index (κ1) is 19.8. The number of imidazole rings is 1. The highest BCUT2D eigenvalue weighted by atomic mass is 16.5. The van der Waals surface area contributed by atoms with Crippen molar-refractivity contribution in [2.24, 2.45) is 0 Å². The zero-order chi connectivity index (χ0) is 20.6. The van der Waals surface area contributed by atoms with E-state index in [4.69, 9.17) is 4.74 Å². The van der Waals surface area contributed by atoms with E-state index >= 15 is 0 Å². The number of nitrogens with zero attached hydrogens (tertiary/aromatic N) is 7. The summed E-state index contributed by atoms with van der Waals surface area (Å²) in [5.41, 5.74) is 3.52. The van der Waals surface area contributed by atoms with Crippen LogP contribution >= 0.6 is 0 Å². The molecule has 0 amide bonds. The summed E-state index contributed by atoms with van der Waals surface area (Å²) in [6.07, 6.45) is 1.67. The Hall–Kier alpha value is -2.52. The zero-order valence-corrected chi connectivity index (χ0v) is 17.9. The lowest BCUT2D eigenvalue weighted by Gasteiger charge is -2.47. The van der Waals surface area contributed by atoms with Crippen LogP contribution in [0.25, 0.3) is 22.6 Å². The van der Waals surface area contributed by atoms with E-state index in [0.717, 1.165) is 54.7 Å². The molecule has 1 saturated heterocycles. The number of likely N-dealkylation sites (N-methyl/N-ethyl adjacent to an activating group) is 1. The SMILES string of the molecule is CCN1CCN(c2nnc(-c3cc(C)nc4nc[nH]c34)n2CCOC)CC1(C)C. The number of aryl methyl sites for hydroxylation is 1. The molecule has 1 aliphatic heterocycles. The second-order valence-electron chi connectivity index (χ2n) is 8.19. The van der Waals surface area contributed by atoms with Crippen molar-refractivity contribution in [1.82, 2.24) is 34.6 Å². The molecule has 9 nitrogen and oxygen atoms in total. The molecule has 0 atom stereocenters. The molecule has 4 heterocycles. The predicted octanol–water partition coefficient (Wildman–Crippen LogP) is 2.09. The van der Waals surface area contributed by atoms with Gasteiger partial charge < -0.3 is 14.6 Å². The first-order chi connectivity index (χ1) is 13.9. The van der Waals surface area contributed by atoms with Gasteiger partial charge in [0, 0.05) is 43.5 Å². The van der Waals surface area contributed by atoms with Crippen LogP contribution in [0.4, 0.5) is 5.95 Å². The van der Waals surface area contributed by atoms with Crippen molar-refractivity contribution in [3.63, 3.8) is 0 Å². The van der Waals surface area contributed by atoms with Gasteiger partial charge in [-0.1, -0.05) is 6.92 Å². The van der Waals surface area contributed by atoms with Gasteiger partial charge in [0.1, 0.15) is 0 Å². The van der Waals surface area contributed by atoms with E-state index in [9.17, 15) is 0 Å². The molecule has 3 aromatic rings. The highest BCUT2D eigenvalue weighted by molar-refractivity contribution is 5.87. The number of aromatic nitrogens is 6. The fourth-order valence-electron chi connectivity index (χ4n) is 4.29. The Labute approximate surface area is 171 Å². The number of fused-ring (bicyclic) bond motifs is 1. The Balaban J connectivity index is 1.77. The van der Waals surface area contributed by atoms with Crippen LogP contribution in [-0.4, -0.2) is 80.1 Å². The van der Waals surface area contributed by atoms with Crippen molar-refractivity contribution < 1.29 is 4.74 Å². The topological polar surface area (TPSA) is 88.0 Å². The third-order valence-electron chi connectivity index (χ3n) is 5.75. The highest BCUT2D eigenvalue weighted by Crippen LogP contribution is 2.30. The Morgan fingerprint density at radius 3 is 2.79 bits per heavy atom. The van der Waals surface area contributed by atoms with Crippen LogP contribution in [0, 0.1) is 6.92 Å². The fourth-order valence-corrected chi connectivity index (χ4v) is 4.29. The van der Waals surface area contributed by atoms with E-state index in [2.05, 4.69) is 60.3 Å². The van der Waals surface area contributed by atoms with Crippen molar-refractivity contribution in [2.75, 3.05) is 44.8 Å². The standard InChI is InChI=1S/C20H30N8O/c1-6-27-8-7-26(12-20(27,3)4)19-25-24-18(28(19)9-10-29-5)15-11-14(2)23-17-16(15)21-13-22-17/h11,13H,6-10,12H2,1-5H3,(H,21,22,23). The normalized spacial score (nSPS) is 17.3. The summed E-state index contributed by atoms with van der Waals surface area (Å²) in [6, 6.07) is 2.04. The van der Waals surface area contributed by atoms with E-state index in [1.807, 2.05) is 13.0 Å². The largest absolute Gasteiger partial charge is 0.383 e. The molecule has 4 rings (SSSR count). The van der Waals surface area contributed by atoms with Crippen molar-refractivity contribution in [3.8, 4) is 11.4 Å². The molecular weight excluding hydrogens is 368 g/mol. The lowest BCUT2D eigenvalue weighted by Crippen LogP contribution is -2.59. The molecule has 1 N–H and O–H groups in total. The van der Waals surface area contributed by atoms with Gasteiger partial charge in [-0.25, -0.2) is 9.97 Å². The van der Waals surface area contributed by atoms with Crippen molar-refractivity contribution in [3.05, 3.63) is 18.1 Å². The van der Waals surface area contributed by atoms with E-state index in [-0.39, 0.29) is 5.54 Å². The Kier molecular flexibility index (Phi) is 5.26. The van der Waals surface area contributed by atoms with E-state index in [1.54, 1.807) is 13.4 Å². The Morgan fingerprint density at radius 1 is 1.24 bits per heavy atom. The maximum absolute atomic E-state index is 5.38. The minimum Gasteiger partial charge on any atom is -0.383 e. The quantitative estimate of drug-likeness (QED) is 0.680. The van der Waals surface area contributed by atoms with Crippen molar-refractivity contribution in [2.45, 2.75) is 39.8 Å². The van der Waals surface area contributed by atoms with Crippen LogP contribution in [-0.2, 0) is 11.3 Å². The number of pyridine rings is 1. The maximum atomic E-state index is 5.38. The lowest BCUT2D eigenvalue weighted by molar-refractivity contribution is 0.110. The minimum atomic E-state index is 0.0785. The molecule has 0 radical (unpaired) electrons. The number of H-pyrrole nitrogens is 1. The summed E-state index contributed by atoms with van der Waals surface area (Å²) in [5, 5.41) is 9.22. The van der Waals surface area contributed by atoms with Gasteiger partial charge in [0.05, 0.1) is 25.0 Å². The van der Waals surface area contributed by atoms with Gasteiger partial charge in [0.2, 0.25) is 5.95 Å². The summed E-state index contributed by atoms with van der Waals surface area (Å²) < 4.78 is 7.55. The second kappa shape index (κ2) is 7.72. The van der Waals surface area contributed by atoms with Gasteiger partial charge in [-0.15, -0.1) is 10.2 Å². The number of rotatable bonds is 6. The zero-order valence-electron chi connectivity index (χ0n) is 17.9. The molecule has 0 saturated carbocycles. The average Bonchev–Trinajstić information content (AvgIpc) is 3.31. The van der Waals surface area contributed by atoms with Crippen LogP contribution in [0.15, 0.2) is 12.4 Å². The number of aromatic amines is 1. The molecule has 1 aliphatic rings. The minimum absolute atomic E-state index is 0.0785. The monoisotopic (exact) mass is 398 g/mol. The van der Waals surface area contributed by atoms with Crippen LogP contribution in [0.3, 0.4) is 0 Å². The molecule has 9 heteroatoms. The highest BCUT2D eigenvalue weighted by Gasteiger charge is 2.35. The predicted molar refractivity (Wildman–Crippen MR) is 113 cm³/mol. The average molecular weight is 399 g/mol. The van der Waals surface area contributed by atoms with Gasteiger partial charge >= 0.3 is 0 Å². The summed E-state index contributed by atoms with van der Waals surface area (Å²) in [7, 11) is 1.72. The molecule has 3 aromatic heterocycles. The van der Waals surface area contributed by atoms with E-state index in [0.29, 0.717) is 18.8 Å². The molecule has 29 heavy (non-hydrogen) atoms. The number of ether oxygens (including phenoxy) is 1. The number of methoxy groups -OCH3 is 1. The van der Waals surface area contributed by atoms with Crippen molar-refractivity contribution in [1.29, 1.82) is 0 Å². The maximum Gasteiger partial charge on any atom is 0.227 e. The molecule has 0 bridgehead atoms. The molecular formula is C20H30N8O. The summed E-state index contributed by atoms with van der Waals surface area (Å²) in [5.74, 6) is 1.70. The number of anilines is 1. The van der Waals surface area contributed by atoms with Gasteiger partial charge in [-0.3, -0.25) is 9.47 Å². The number of hydrogen-bond donors (Lipinski definition) is 1. The smallest absolute Gasteiger partial charge is 0.227 e. The molecule has 156 valence electrons. The Bertz CT molecular complexity index is 992. The van der Waals surface area contributed by atoms with Crippen LogP contribution in [0.2, 0.25) is 0 Å². The van der Waals surface area contributed by atoms with E-state index in [1.165, 1.54) is 0 Å². The molecule has 1 fully saturated rings. The number of hydrogen-bond acceptors (Lipinski definition) is 7. The number of nitrogens with one attached hydrogen (secondary N) is 1. The van der Waals surface area contributed by atoms with Gasteiger partial charge in [0.15, 0.2) is 11.5 Å². The van der Waals surface area contributed by atoms with Crippen LogP contribution in [0.5, 0.6) is 0 Å². The third-order valence-corrected chi connectivity index (χ3v) is 5.75. The van der Waals surface area contributed by atoms with Crippen LogP contribution in [0.1, 0.15) is 26.5 Å². The fraction of sp³-hybridized carbons (Fsp3) is 0.600. The van der Waals surface area contributed by atoms with Crippen molar-refractivity contribution >= 4 is 17.1 Å². The lowest BCUT2D eigenvalue weighted by atomic mass is 9.99. The van der Waals surface area contributed by atoms with Crippen LogP contribution < -0.4 is 4.90 Å². The summed E-state index contributed by atoms with van der Waals surface area (Å²) in [4.78, 5) is 16.9. The number of piperazine rings is 1. The van der Waals surface area contributed by atoms with Gasteiger partial charge in [0.25, 0.3) is 0 Å². The molecule has 0 unspecified atom stereocenters. The van der Waals surface area contributed by atoms with E-state index < -0.39 is 0 Å². The molecule has 0 aliphatic carbocycles. The van der Waals surface area contributed by atoms with Gasteiger partial charge in [-0.2, -0.15) is 0 Å². The first-order valence-corrected chi connectivity index (χ1v) is 10.2. The summed E-state index contributed by atoms with van der Waals surface area (Å²) in [6.45, 7) is 13.9. The summed E-state index contributed by atoms with van der Waals surface area (Å²) >= 11 is 0.